The molecular weight excluding hydrogens is 184 g/mol. The maximum absolute atomic E-state index is 5.44. The Morgan fingerprint density at radius 1 is 1.54 bits per heavy atom. The van der Waals surface area contributed by atoms with E-state index in [1.54, 1.807) is 6.26 Å². The van der Waals surface area contributed by atoms with Crippen LogP contribution >= 0.6 is 11.5 Å². The standard InChI is InChI=1S/C9H10N2OS/c10-4-3-7-6-8(11-13-7)9-2-1-5-12-9/h1-2,5-6H,3-4,10H2. The Morgan fingerprint density at radius 3 is 3.15 bits per heavy atom. The Bertz CT molecular complexity index is 367. The largest absolute Gasteiger partial charge is 0.463 e. The second-order valence-electron chi connectivity index (χ2n) is 2.69. The minimum absolute atomic E-state index is 0.666. The van der Waals surface area contributed by atoms with E-state index in [1.807, 2.05) is 18.2 Å². The number of nitrogens with zero attached hydrogens (tertiary/aromatic N) is 1. The summed E-state index contributed by atoms with van der Waals surface area (Å²) >= 11 is 1.48. The van der Waals surface area contributed by atoms with Crippen molar-refractivity contribution in [2.45, 2.75) is 6.42 Å². The average Bonchev–Trinajstić information content (AvgIpc) is 2.70. The molecule has 0 spiro atoms. The van der Waals surface area contributed by atoms with Crippen LogP contribution in [-0.2, 0) is 6.42 Å². The smallest absolute Gasteiger partial charge is 0.153 e. The average molecular weight is 194 g/mol. The molecule has 0 saturated carbocycles. The van der Waals surface area contributed by atoms with E-state index in [0.29, 0.717) is 6.54 Å². The van der Waals surface area contributed by atoms with Crippen LogP contribution in [0.2, 0.25) is 0 Å². The predicted molar refractivity (Wildman–Crippen MR) is 52.6 cm³/mol. The molecule has 0 amide bonds. The summed E-state index contributed by atoms with van der Waals surface area (Å²) in [4.78, 5) is 1.20. The topological polar surface area (TPSA) is 52.0 Å². The maximum Gasteiger partial charge on any atom is 0.153 e. The summed E-state index contributed by atoms with van der Waals surface area (Å²) in [5.74, 6) is 0.819. The van der Waals surface area contributed by atoms with Gasteiger partial charge in [0.25, 0.3) is 0 Å². The van der Waals surface area contributed by atoms with E-state index in [-0.39, 0.29) is 0 Å². The summed E-state index contributed by atoms with van der Waals surface area (Å²) in [5, 5.41) is 0. The molecule has 0 atom stereocenters. The van der Waals surface area contributed by atoms with Crippen molar-refractivity contribution in [3.63, 3.8) is 0 Å². The Kier molecular flexibility index (Phi) is 2.42. The lowest BCUT2D eigenvalue weighted by molar-refractivity contribution is 0.581. The Balaban J connectivity index is 2.23. The van der Waals surface area contributed by atoms with Gasteiger partial charge < -0.3 is 10.2 Å². The van der Waals surface area contributed by atoms with Gasteiger partial charge in [0.15, 0.2) is 5.76 Å². The highest BCUT2D eigenvalue weighted by molar-refractivity contribution is 7.06. The molecule has 0 radical (unpaired) electrons. The van der Waals surface area contributed by atoms with Crippen LogP contribution in [0.5, 0.6) is 0 Å². The van der Waals surface area contributed by atoms with Gasteiger partial charge in [-0.1, -0.05) is 0 Å². The first-order chi connectivity index (χ1) is 6.40. The van der Waals surface area contributed by atoms with Gasteiger partial charge in [0.05, 0.1) is 6.26 Å². The van der Waals surface area contributed by atoms with Gasteiger partial charge >= 0.3 is 0 Å². The van der Waals surface area contributed by atoms with Crippen LogP contribution < -0.4 is 5.73 Å². The molecule has 0 unspecified atom stereocenters. The lowest BCUT2D eigenvalue weighted by atomic mass is 10.3. The number of hydrogen-bond acceptors (Lipinski definition) is 4. The van der Waals surface area contributed by atoms with E-state index in [9.17, 15) is 0 Å². The van der Waals surface area contributed by atoms with E-state index < -0.39 is 0 Å². The summed E-state index contributed by atoms with van der Waals surface area (Å²) in [6, 6.07) is 5.79. The van der Waals surface area contributed by atoms with Crippen molar-refractivity contribution in [1.29, 1.82) is 0 Å². The van der Waals surface area contributed by atoms with E-state index in [2.05, 4.69) is 4.37 Å². The van der Waals surface area contributed by atoms with Crippen LogP contribution in [0, 0.1) is 0 Å². The second kappa shape index (κ2) is 3.72. The summed E-state index contributed by atoms with van der Waals surface area (Å²) in [6.45, 7) is 0.666. The van der Waals surface area contributed by atoms with E-state index in [0.717, 1.165) is 17.9 Å². The number of hydrogen-bond donors (Lipinski definition) is 1. The fourth-order valence-electron chi connectivity index (χ4n) is 1.11. The van der Waals surface area contributed by atoms with E-state index in [4.69, 9.17) is 10.2 Å². The second-order valence-corrected chi connectivity index (χ2v) is 3.58. The van der Waals surface area contributed by atoms with Crippen LogP contribution in [0.1, 0.15) is 4.88 Å². The van der Waals surface area contributed by atoms with Gasteiger partial charge in [0.2, 0.25) is 0 Å². The zero-order chi connectivity index (χ0) is 9.10. The lowest BCUT2D eigenvalue weighted by Gasteiger charge is -1.87. The molecule has 0 bridgehead atoms. The molecule has 13 heavy (non-hydrogen) atoms. The minimum Gasteiger partial charge on any atom is -0.463 e. The highest BCUT2D eigenvalue weighted by atomic mass is 32.1. The van der Waals surface area contributed by atoms with Crippen molar-refractivity contribution in [2.24, 2.45) is 5.73 Å². The fourth-order valence-corrected chi connectivity index (χ4v) is 1.85. The van der Waals surface area contributed by atoms with Gasteiger partial charge in [0, 0.05) is 4.88 Å². The molecule has 0 aliphatic heterocycles. The first-order valence-electron chi connectivity index (χ1n) is 4.09. The molecule has 2 rings (SSSR count). The molecule has 0 fully saturated rings. The molecule has 2 aromatic heterocycles. The van der Waals surface area contributed by atoms with E-state index >= 15 is 0 Å². The van der Waals surface area contributed by atoms with Crippen LogP contribution in [0.4, 0.5) is 0 Å². The molecule has 0 aliphatic rings. The lowest BCUT2D eigenvalue weighted by Crippen LogP contribution is -2.00. The number of nitrogens with two attached hydrogens (primary N) is 1. The third kappa shape index (κ3) is 1.79. The van der Waals surface area contributed by atoms with Gasteiger partial charge in [-0.25, -0.2) is 0 Å². The van der Waals surface area contributed by atoms with Gasteiger partial charge in [0.1, 0.15) is 5.69 Å². The normalized spacial score (nSPS) is 10.5. The van der Waals surface area contributed by atoms with Crippen molar-refractivity contribution >= 4 is 11.5 Å². The number of rotatable bonds is 3. The number of aromatic nitrogens is 1. The highest BCUT2D eigenvalue weighted by Crippen LogP contribution is 2.22. The zero-order valence-electron chi connectivity index (χ0n) is 7.06. The molecule has 3 nitrogen and oxygen atoms in total. The summed E-state index contributed by atoms with van der Waals surface area (Å²) in [6.07, 6.45) is 2.54. The van der Waals surface area contributed by atoms with Crippen molar-refractivity contribution in [3.05, 3.63) is 29.3 Å². The third-order valence-electron chi connectivity index (χ3n) is 1.72. The van der Waals surface area contributed by atoms with Gasteiger partial charge in [-0.3, -0.25) is 0 Å². The first kappa shape index (κ1) is 8.47. The highest BCUT2D eigenvalue weighted by Gasteiger charge is 2.05. The summed E-state index contributed by atoms with van der Waals surface area (Å²) in [5.41, 5.74) is 6.35. The zero-order valence-corrected chi connectivity index (χ0v) is 7.88. The first-order valence-corrected chi connectivity index (χ1v) is 4.87. The van der Waals surface area contributed by atoms with Crippen molar-refractivity contribution in [1.82, 2.24) is 4.37 Å². The summed E-state index contributed by atoms with van der Waals surface area (Å²) in [7, 11) is 0. The fraction of sp³-hybridized carbons (Fsp3) is 0.222. The molecule has 68 valence electrons. The van der Waals surface area contributed by atoms with Crippen molar-refractivity contribution in [3.8, 4) is 11.5 Å². The minimum atomic E-state index is 0.666. The molecule has 0 aliphatic carbocycles. The molecule has 0 saturated heterocycles. The maximum atomic E-state index is 5.44. The SMILES string of the molecule is NCCc1cc(-c2ccco2)ns1. The van der Waals surface area contributed by atoms with Crippen LogP contribution in [0.15, 0.2) is 28.9 Å². The molecule has 2 N–H and O–H groups in total. The van der Waals surface area contributed by atoms with Gasteiger partial charge in [-0.2, -0.15) is 4.37 Å². The number of furan rings is 1. The van der Waals surface area contributed by atoms with E-state index in [1.165, 1.54) is 16.4 Å². The van der Waals surface area contributed by atoms with Crippen molar-refractivity contribution < 1.29 is 4.42 Å². The molecular formula is C9H10N2OS. The monoisotopic (exact) mass is 194 g/mol. The Labute approximate surface area is 80.4 Å². The van der Waals surface area contributed by atoms with Gasteiger partial charge in [-0.15, -0.1) is 0 Å². The predicted octanol–water partition coefficient (Wildman–Crippen LogP) is 1.90. The van der Waals surface area contributed by atoms with Crippen LogP contribution in [0.25, 0.3) is 11.5 Å². The molecule has 2 heterocycles. The third-order valence-corrected chi connectivity index (χ3v) is 2.57. The molecule has 0 aromatic carbocycles. The molecule has 4 heteroatoms. The van der Waals surface area contributed by atoms with Crippen molar-refractivity contribution in [2.75, 3.05) is 6.54 Å². The molecule has 2 aromatic rings. The Hall–Kier alpha value is -1.13. The van der Waals surface area contributed by atoms with Gasteiger partial charge in [-0.05, 0) is 42.7 Å². The quantitative estimate of drug-likeness (QED) is 0.812. The Morgan fingerprint density at radius 2 is 2.46 bits per heavy atom. The van der Waals surface area contributed by atoms with Crippen LogP contribution in [-0.4, -0.2) is 10.9 Å². The summed E-state index contributed by atoms with van der Waals surface area (Å²) < 4.78 is 9.49. The van der Waals surface area contributed by atoms with Crippen LogP contribution in [0.3, 0.4) is 0 Å².